The van der Waals surface area contributed by atoms with Crippen LogP contribution in [0.2, 0.25) is 0 Å². The quantitative estimate of drug-likeness (QED) is 0.156. The number of fused-ring (bicyclic) bond motifs is 6. The lowest BCUT2D eigenvalue weighted by molar-refractivity contribution is 0.669. The lowest BCUT2D eigenvalue weighted by atomic mass is 9.97. The Hall–Kier alpha value is -7.10. The van der Waals surface area contributed by atoms with Gasteiger partial charge < -0.3 is 14.2 Å². The zero-order valence-electron chi connectivity index (χ0n) is 28.9. The van der Waals surface area contributed by atoms with Crippen LogP contribution >= 0.6 is 0 Å². The number of benzene rings is 9. The molecule has 0 amide bonds. The minimum atomic E-state index is 0.861. The number of anilines is 6. The van der Waals surface area contributed by atoms with Gasteiger partial charge >= 0.3 is 0 Å². The van der Waals surface area contributed by atoms with Crippen molar-refractivity contribution in [3.05, 3.63) is 206 Å². The van der Waals surface area contributed by atoms with Crippen molar-refractivity contribution < 1.29 is 4.42 Å². The van der Waals surface area contributed by atoms with Crippen molar-refractivity contribution in [3.8, 4) is 11.1 Å². The van der Waals surface area contributed by atoms with Gasteiger partial charge in [0, 0.05) is 44.6 Å². The monoisotopic (exact) mass is 678 g/mol. The van der Waals surface area contributed by atoms with Crippen LogP contribution in [0.25, 0.3) is 54.6 Å². The summed E-state index contributed by atoms with van der Waals surface area (Å²) < 4.78 is 6.84. The molecule has 3 heteroatoms. The zero-order chi connectivity index (χ0) is 35.1. The Kier molecular flexibility index (Phi) is 7.47. The molecule has 1 heterocycles. The predicted molar refractivity (Wildman–Crippen MR) is 224 cm³/mol. The molecule has 0 atom stereocenters. The van der Waals surface area contributed by atoms with Gasteiger partial charge in [-0.25, -0.2) is 0 Å². The van der Waals surface area contributed by atoms with Crippen LogP contribution in [0.4, 0.5) is 34.1 Å². The molecule has 0 N–H and O–H groups in total. The third-order valence-electron chi connectivity index (χ3n) is 10.2. The molecule has 10 aromatic rings. The first-order valence-corrected chi connectivity index (χ1v) is 18.0. The highest BCUT2D eigenvalue weighted by Gasteiger charge is 2.24. The molecule has 0 fully saturated rings. The summed E-state index contributed by atoms with van der Waals surface area (Å²) in [6, 6.07) is 73.3. The summed E-state index contributed by atoms with van der Waals surface area (Å²) in [7, 11) is 0. The van der Waals surface area contributed by atoms with Crippen molar-refractivity contribution in [2.75, 3.05) is 9.80 Å². The molecule has 0 aliphatic carbocycles. The van der Waals surface area contributed by atoms with Crippen molar-refractivity contribution in [2.45, 2.75) is 0 Å². The van der Waals surface area contributed by atoms with Crippen molar-refractivity contribution in [1.82, 2.24) is 0 Å². The van der Waals surface area contributed by atoms with Gasteiger partial charge in [0.05, 0.1) is 5.69 Å². The number of nitrogens with zero attached hydrogens (tertiary/aromatic N) is 2. The number of rotatable bonds is 7. The first-order chi connectivity index (χ1) is 26.3. The molecule has 250 valence electrons. The second-order valence-corrected chi connectivity index (χ2v) is 13.4. The summed E-state index contributed by atoms with van der Waals surface area (Å²) in [5.74, 6) is 0. The number of hydrogen-bond donors (Lipinski definition) is 0. The van der Waals surface area contributed by atoms with E-state index < -0.39 is 0 Å². The van der Waals surface area contributed by atoms with Crippen LogP contribution in [0.3, 0.4) is 0 Å². The van der Waals surface area contributed by atoms with Crippen molar-refractivity contribution in [3.63, 3.8) is 0 Å². The van der Waals surface area contributed by atoms with E-state index in [1.165, 1.54) is 27.3 Å². The van der Waals surface area contributed by atoms with E-state index in [1.807, 2.05) is 6.07 Å². The molecule has 3 nitrogen and oxygen atoms in total. The predicted octanol–water partition coefficient (Wildman–Crippen LogP) is 14.5. The average Bonchev–Trinajstić information content (AvgIpc) is 3.61. The molecule has 53 heavy (non-hydrogen) atoms. The number of hydrogen-bond acceptors (Lipinski definition) is 3. The van der Waals surface area contributed by atoms with E-state index in [0.29, 0.717) is 0 Å². The van der Waals surface area contributed by atoms with E-state index >= 15 is 0 Å². The lowest BCUT2D eigenvalue weighted by Gasteiger charge is -2.30. The Bertz CT molecular complexity index is 2880. The minimum absolute atomic E-state index is 0.861. The molecule has 10 rings (SSSR count). The minimum Gasteiger partial charge on any atom is -0.454 e. The first-order valence-electron chi connectivity index (χ1n) is 18.0. The van der Waals surface area contributed by atoms with Gasteiger partial charge in [-0.2, -0.15) is 0 Å². The molecule has 1 aromatic heterocycles. The molecule has 0 saturated heterocycles. The summed E-state index contributed by atoms with van der Waals surface area (Å²) in [5, 5.41) is 6.95. The molecule has 0 spiro atoms. The van der Waals surface area contributed by atoms with Crippen LogP contribution in [-0.2, 0) is 0 Å². The van der Waals surface area contributed by atoms with Gasteiger partial charge in [-0.1, -0.05) is 140 Å². The van der Waals surface area contributed by atoms with Gasteiger partial charge in [0.15, 0.2) is 5.58 Å². The van der Waals surface area contributed by atoms with Gasteiger partial charge in [0.25, 0.3) is 0 Å². The maximum absolute atomic E-state index is 6.84. The molecule has 0 bridgehead atoms. The molecule has 0 saturated carbocycles. The van der Waals surface area contributed by atoms with E-state index in [0.717, 1.165) is 61.4 Å². The highest BCUT2D eigenvalue weighted by molar-refractivity contribution is 6.24. The zero-order valence-corrected chi connectivity index (χ0v) is 28.9. The number of para-hydroxylation sites is 3. The molecule has 0 aliphatic rings. The van der Waals surface area contributed by atoms with E-state index in [2.05, 4.69) is 210 Å². The fourth-order valence-corrected chi connectivity index (χ4v) is 7.74. The van der Waals surface area contributed by atoms with Crippen LogP contribution in [0.15, 0.2) is 211 Å². The normalized spacial score (nSPS) is 11.4. The second kappa shape index (κ2) is 12.9. The summed E-state index contributed by atoms with van der Waals surface area (Å²) in [6.07, 6.45) is 0. The van der Waals surface area contributed by atoms with Crippen LogP contribution in [0.1, 0.15) is 0 Å². The Morgan fingerprint density at radius 2 is 0.849 bits per heavy atom. The van der Waals surface area contributed by atoms with Gasteiger partial charge in [0.2, 0.25) is 0 Å². The third-order valence-corrected chi connectivity index (χ3v) is 10.2. The Balaban J connectivity index is 1.22. The molecular formula is C50H34N2O. The lowest BCUT2D eigenvalue weighted by Crippen LogP contribution is -2.13. The molecule has 9 aromatic carbocycles. The number of furan rings is 1. The Morgan fingerprint density at radius 3 is 1.58 bits per heavy atom. The summed E-state index contributed by atoms with van der Waals surface area (Å²) in [6.45, 7) is 0. The highest BCUT2D eigenvalue weighted by Crippen LogP contribution is 2.48. The maximum Gasteiger partial charge on any atom is 0.160 e. The fraction of sp³-hybridized carbons (Fsp3) is 0. The van der Waals surface area contributed by atoms with Crippen LogP contribution in [-0.4, -0.2) is 0 Å². The SMILES string of the molecule is c1ccc(-c2ccc(N(c3ccccc3)c3cccc(N(c4ccccc4)c4c5ccc6ccccc6c5cc5c4oc4ccccc45)c3)cc2)cc1. The van der Waals surface area contributed by atoms with E-state index in [9.17, 15) is 0 Å². The average molecular weight is 679 g/mol. The van der Waals surface area contributed by atoms with Gasteiger partial charge in [-0.05, 0) is 94.0 Å². The smallest absolute Gasteiger partial charge is 0.160 e. The van der Waals surface area contributed by atoms with Crippen molar-refractivity contribution in [1.29, 1.82) is 0 Å². The molecule has 0 radical (unpaired) electrons. The fourth-order valence-electron chi connectivity index (χ4n) is 7.74. The summed E-state index contributed by atoms with van der Waals surface area (Å²) >= 11 is 0. The Labute approximate surface area is 308 Å². The molecular weight excluding hydrogens is 645 g/mol. The molecule has 0 aliphatic heterocycles. The highest BCUT2D eigenvalue weighted by atomic mass is 16.3. The van der Waals surface area contributed by atoms with E-state index in [4.69, 9.17) is 4.42 Å². The van der Waals surface area contributed by atoms with Crippen molar-refractivity contribution in [2.24, 2.45) is 0 Å². The largest absolute Gasteiger partial charge is 0.454 e. The Morgan fingerprint density at radius 1 is 0.302 bits per heavy atom. The first kappa shape index (κ1) is 30.7. The third kappa shape index (κ3) is 5.38. The van der Waals surface area contributed by atoms with Crippen molar-refractivity contribution >= 4 is 77.6 Å². The van der Waals surface area contributed by atoms with Crippen LogP contribution < -0.4 is 9.80 Å². The second-order valence-electron chi connectivity index (χ2n) is 13.4. The van der Waals surface area contributed by atoms with E-state index in [-0.39, 0.29) is 0 Å². The molecule has 0 unspecified atom stereocenters. The maximum atomic E-state index is 6.84. The van der Waals surface area contributed by atoms with Gasteiger partial charge in [-0.15, -0.1) is 0 Å². The summed E-state index contributed by atoms with van der Waals surface area (Å²) in [4.78, 5) is 4.70. The standard InChI is InChI=1S/C50H34N2O/c1-4-15-35(16-5-1)36-27-30-40(31-28-36)51(38-18-6-2-7-19-38)41-22-14-23-42(33-41)52(39-20-8-3-9-21-39)49-45-32-29-37-17-10-11-24-43(37)46(45)34-47-44-25-12-13-26-48(44)53-50(47)49/h1-34H. The van der Waals surface area contributed by atoms with E-state index in [1.54, 1.807) is 0 Å². The van der Waals surface area contributed by atoms with Gasteiger partial charge in [0.1, 0.15) is 5.58 Å². The topological polar surface area (TPSA) is 19.6 Å². The van der Waals surface area contributed by atoms with Gasteiger partial charge in [-0.3, -0.25) is 0 Å². The van der Waals surface area contributed by atoms with Crippen LogP contribution in [0.5, 0.6) is 0 Å². The summed E-state index contributed by atoms with van der Waals surface area (Å²) in [5.41, 5.74) is 10.4. The van der Waals surface area contributed by atoms with Crippen LogP contribution in [0, 0.1) is 0 Å².